The third-order valence-corrected chi connectivity index (χ3v) is 2.32. The second kappa shape index (κ2) is 5.61. The molecular formula is C12H20N2O. The lowest BCUT2D eigenvalue weighted by atomic mass is 10.1. The minimum Gasteiger partial charge on any atom is -0.385 e. The third-order valence-electron chi connectivity index (χ3n) is 2.32. The molecule has 0 bridgehead atoms. The van der Waals surface area contributed by atoms with Gasteiger partial charge in [0.1, 0.15) is 6.23 Å². The van der Waals surface area contributed by atoms with E-state index < -0.39 is 0 Å². The minimum absolute atomic E-state index is 0.0358. The lowest BCUT2D eigenvalue weighted by Gasteiger charge is -2.16. The Morgan fingerprint density at radius 2 is 2.13 bits per heavy atom. The van der Waals surface area contributed by atoms with E-state index in [0.29, 0.717) is 0 Å². The molecule has 1 aromatic carbocycles. The van der Waals surface area contributed by atoms with Gasteiger partial charge in [0.2, 0.25) is 0 Å². The maximum absolute atomic E-state index is 5.16. The summed E-state index contributed by atoms with van der Waals surface area (Å²) < 4.78 is 5.16. The fourth-order valence-corrected chi connectivity index (χ4v) is 1.42. The molecule has 0 fully saturated rings. The van der Waals surface area contributed by atoms with E-state index in [1.54, 1.807) is 7.11 Å². The first kappa shape index (κ1) is 11.9. The Hall–Kier alpha value is -1.22. The van der Waals surface area contributed by atoms with Gasteiger partial charge in [0.15, 0.2) is 0 Å². The monoisotopic (exact) mass is 208 g/mol. The van der Waals surface area contributed by atoms with Gasteiger partial charge in [0, 0.05) is 25.0 Å². The number of nitrogens with one attached hydrogen (secondary N) is 2. The number of anilines is 2. The van der Waals surface area contributed by atoms with Crippen LogP contribution in [0.2, 0.25) is 0 Å². The minimum atomic E-state index is 0.0358. The summed E-state index contributed by atoms with van der Waals surface area (Å²) in [5.74, 6) is 0. The summed E-state index contributed by atoms with van der Waals surface area (Å²) in [6.07, 6.45) is 0.0358. The average Bonchev–Trinajstić information content (AvgIpc) is 2.22. The van der Waals surface area contributed by atoms with Crippen LogP contribution in [-0.2, 0) is 4.74 Å². The van der Waals surface area contributed by atoms with Crippen LogP contribution < -0.4 is 10.6 Å². The van der Waals surface area contributed by atoms with Crippen molar-refractivity contribution in [2.45, 2.75) is 27.0 Å². The van der Waals surface area contributed by atoms with Crippen LogP contribution >= 0.6 is 0 Å². The highest BCUT2D eigenvalue weighted by atomic mass is 16.5. The molecule has 0 saturated carbocycles. The van der Waals surface area contributed by atoms with Crippen LogP contribution in [0, 0.1) is 6.92 Å². The topological polar surface area (TPSA) is 33.3 Å². The van der Waals surface area contributed by atoms with Gasteiger partial charge in [-0.1, -0.05) is 0 Å². The molecule has 0 aromatic heterocycles. The number of ether oxygens (including phenoxy) is 1. The third kappa shape index (κ3) is 3.44. The van der Waals surface area contributed by atoms with Crippen LogP contribution in [-0.4, -0.2) is 19.9 Å². The molecule has 2 N–H and O–H groups in total. The molecular weight excluding hydrogens is 188 g/mol. The first-order chi connectivity index (χ1) is 7.17. The Bertz CT molecular complexity index is 312. The highest BCUT2D eigenvalue weighted by molar-refractivity contribution is 5.59. The van der Waals surface area contributed by atoms with Crippen molar-refractivity contribution < 1.29 is 4.74 Å². The van der Waals surface area contributed by atoms with Gasteiger partial charge in [0.25, 0.3) is 0 Å². The zero-order chi connectivity index (χ0) is 11.3. The molecule has 1 unspecified atom stereocenters. The van der Waals surface area contributed by atoms with Gasteiger partial charge in [-0.25, -0.2) is 0 Å². The summed E-state index contributed by atoms with van der Waals surface area (Å²) >= 11 is 0. The molecule has 0 aliphatic heterocycles. The Morgan fingerprint density at radius 3 is 2.67 bits per heavy atom. The largest absolute Gasteiger partial charge is 0.385 e. The molecule has 0 aliphatic carbocycles. The molecule has 0 saturated heterocycles. The lowest BCUT2D eigenvalue weighted by molar-refractivity contribution is 0.141. The van der Waals surface area contributed by atoms with Crippen LogP contribution in [0.3, 0.4) is 0 Å². The predicted octanol–water partition coefficient (Wildman–Crippen LogP) is 2.83. The van der Waals surface area contributed by atoms with Crippen molar-refractivity contribution in [3.63, 3.8) is 0 Å². The molecule has 84 valence electrons. The second-order valence-electron chi connectivity index (χ2n) is 3.58. The number of hydrogen-bond acceptors (Lipinski definition) is 3. The van der Waals surface area contributed by atoms with Crippen molar-refractivity contribution in [2.75, 3.05) is 24.3 Å². The van der Waals surface area contributed by atoms with Gasteiger partial charge in [-0.2, -0.15) is 0 Å². The Morgan fingerprint density at radius 1 is 1.40 bits per heavy atom. The number of hydrogen-bond donors (Lipinski definition) is 2. The maximum Gasteiger partial charge on any atom is 0.124 e. The van der Waals surface area contributed by atoms with Crippen molar-refractivity contribution in [1.29, 1.82) is 0 Å². The van der Waals surface area contributed by atoms with Crippen molar-refractivity contribution in [1.82, 2.24) is 0 Å². The SMILES string of the molecule is CCNc1ccc(NC(C)OC)c(C)c1. The van der Waals surface area contributed by atoms with Gasteiger partial charge < -0.3 is 15.4 Å². The zero-order valence-corrected chi connectivity index (χ0v) is 9.92. The Kier molecular flexibility index (Phi) is 4.43. The highest BCUT2D eigenvalue weighted by Crippen LogP contribution is 2.20. The van der Waals surface area contributed by atoms with E-state index in [-0.39, 0.29) is 6.23 Å². The van der Waals surface area contributed by atoms with E-state index in [0.717, 1.165) is 17.9 Å². The number of rotatable bonds is 5. The predicted molar refractivity (Wildman–Crippen MR) is 65.4 cm³/mol. The Labute approximate surface area is 91.8 Å². The van der Waals surface area contributed by atoms with Crippen LogP contribution in [0.4, 0.5) is 11.4 Å². The Balaban J connectivity index is 2.74. The van der Waals surface area contributed by atoms with E-state index in [9.17, 15) is 0 Å². The molecule has 0 aliphatic rings. The molecule has 1 aromatic rings. The van der Waals surface area contributed by atoms with Gasteiger partial charge in [0.05, 0.1) is 0 Å². The zero-order valence-electron chi connectivity index (χ0n) is 9.92. The molecule has 0 amide bonds. The maximum atomic E-state index is 5.16. The van der Waals surface area contributed by atoms with E-state index in [4.69, 9.17) is 4.74 Å². The summed E-state index contributed by atoms with van der Waals surface area (Å²) in [6.45, 7) is 7.11. The van der Waals surface area contributed by atoms with Gasteiger partial charge >= 0.3 is 0 Å². The fourth-order valence-electron chi connectivity index (χ4n) is 1.42. The molecule has 0 heterocycles. The molecule has 3 nitrogen and oxygen atoms in total. The molecule has 0 spiro atoms. The summed E-state index contributed by atoms with van der Waals surface area (Å²) in [7, 11) is 1.69. The quantitative estimate of drug-likeness (QED) is 0.730. The first-order valence-corrected chi connectivity index (χ1v) is 5.31. The van der Waals surface area contributed by atoms with Crippen LogP contribution in [0.5, 0.6) is 0 Å². The highest BCUT2D eigenvalue weighted by Gasteiger charge is 2.02. The molecule has 15 heavy (non-hydrogen) atoms. The van der Waals surface area contributed by atoms with Crippen LogP contribution in [0.15, 0.2) is 18.2 Å². The first-order valence-electron chi connectivity index (χ1n) is 5.31. The molecule has 3 heteroatoms. The van der Waals surface area contributed by atoms with Crippen molar-refractivity contribution in [3.05, 3.63) is 23.8 Å². The number of benzene rings is 1. The van der Waals surface area contributed by atoms with E-state index in [2.05, 4.69) is 42.7 Å². The lowest BCUT2D eigenvalue weighted by Crippen LogP contribution is -2.17. The smallest absolute Gasteiger partial charge is 0.124 e. The number of aryl methyl sites for hydroxylation is 1. The molecule has 0 radical (unpaired) electrons. The van der Waals surface area contributed by atoms with E-state index in [1.165, 1.54) is 5.56 Å². The second-order valence-corrected chi connectivity index (χ2v) is 3.58. The van der Waals surface area contributed by atoms with Gasteiger partial charge in [-0.15, -0.1) is 0 Å². The van der Waals surface area contributed by atoms with E-state index in [1.807, 2.05) is 6.92 Å². The van der Waals surface area contributed by atoms with Gasteiger partial charge in [-0.3, -0.25) is 0 Å². The summed E-state index contributed by atoms with van der Waals surface area (Å²) in [6, 6.07) is 6.28. The summed E-state index contributed by atoms with van der Waals surface area (Å²) in [5, 5.41) is 6.56. The summed E-state index contributed by atoms with van der Waals surface area (Å²) in [4.78, 5) is 0. The number of methoxy groups -OCH3 is 1. The van der Waals surface area contributed by atoms with Crippen molar-refractivity contribution in [3.8, 4) is 0 Å². The fraction of sp³-hybridized carbons (Fsp3) is 0.500. The molecule has 1 atom stereocenters. The summed E-state index contributed by atoms with van der Waals surface area (Å²) in [5.41, 5.74) is 3.49. The van der Waals surface area contributed by atoms with E-state index >= 15 is 0 Å². The van der Waals surface area contributed by atoms with Crippen LogP contribution in [0.25, 0.3) is 0 Å². The average molecular weight is 208 g/mol. The van der Waals surface area contributed by atoms with Crippen molar-refractivity contribution in [2.24, 2.45) is 0 Å². The van der Waals surface area contributed by atoms with Crippen LogP contribution in [0.1, 0.15) is 19.4 Å². The normalized spacial score (nSPS) is 12.3. The molecule has 1 rings (SSSR count). The standard InChI is InChI=1S/C12H20N2O/c1-5-13-11-6-7-12(9(2)8-11)14-10(3)15-4/h6-8,10,13-14H,5H2,1-4H3. The van der Waals surface area contributed by atoms with Gasteiger partial charge in [-0.05, 0) is 44.5 Å². The van der Waals surface area contributed by atoms with Crippen molar-refractivity contribution >= 4 is 11.4 Å².